The maximum Gasteiger partial charge on any atom is 0.435 e. The molecule has 0 aliphatic carbocycles. The Bertz CT molecular complexity index is 1670. The number of aromatic nitrogens is 3. The van der Waals surface area contributed by atoms with Crippen LogP contribution >= 0.6 is 0 Å². The number of nitrogens with two attached hydrogens (primary N) is 2. The zero-order valence-electron chi connectivity index (χ0n) is 19.9. The van der Waals surface area contributed by atoms with Gasteiger partial charge < -0.3 is 16.2 Å². The monoisotopic (exact) mass is 526 g/mol. The number of alkyl halides is 3. The van der Waals surface area contributed by atoms with Crippen LogP contribution in [-0.4, -0.2) is 33.7 Å². The normalized spacial score (nSPS) is 11.4. The number of fused-ring (bicyclic) bond motifs is 1. The smallest absolute Gasteiger partial charge is 0.435 e. The molecule has 2 aromatic heterocycles. The summed E-state index contributed by atoms with van der Waals surface area (Å²) >= 11 is 0. The van der Waals surface area contributed by atoms with Crippen LogP contribution in [0.25, 0.3) is 22.0 Å². The second-order valence-electron chi connectivity index (χ2n) is 8.18. The molecule has 0 saturated heterocycles. The fraction of sp³-hybridized carbons (Fsp3) is 0.160. The number of primary amides is 2. The van der Waals surface area contributed by atoms with E-state index in [-0.39, 0.29) is 29.1 Å². The number of nitriles is 1. The molecule has 0 aliphatic rings. The van der Waals surface area contributed by atoms with E-state index in [0.717, 1.165) is 10.7 Å². The van der Waals surface area contributed by atoms with Gasteiger partial charge in [0.05, 0.1) is 30.3 Å². The van der Waals surface area contributed by atoms with E-state index < -0.39 is 57.3 Å². The van der Waals surface area contributed by atoms with Crippen molar-refractivity contribution in [2.75, 3.05) is 7.11 Å². The fourth-order valence-electron chi connectivity index (χ4n) is 4.24. The minimum absolute atomic E-state index is 0.136. The zero-order chi connectivity index (χ0) is 27.9. The van der Waals surface area contributed by atoms with Gasteiger partial charge in [0, 0.05) is 22.2 Å². The number of amides is 2. The van der Waals surface area contributed by atoms with E-state index in [0.29, 0.717) is 5.56 Å². The van der Waals surface area contributed by atoms with Crippen LogP contribution in [0.2, 0.25) is 0 Å². The molecule has 0 atom stereocenters. The second kappa shape index (κ2) is 9.47. The number of methoxy groups -OCH3 is 1. The Hall–Kier alpha value is -4.99. The van der Waals surface area contributed by atoms with Crippen LogP contribution in [0, 0.1) is 24.1 Å². The van der Waals surface area contributed by atoms with E-state index in [9.17, 15) is 32.4 Å². The van der Waals surface area contributed by atoms with Gasteiger partial charge in [0.25, 0.3) is 5.91 Å². The number of nitrogens with zero attached hydrogens (tertiary/aromatic N) is 4. The van der Waals surface area contributed by atoms with E-state index in [1.807, 2.05) is 6.07 Å². The van der Waals surface area contributed by atoms with E-state index in [2.05, 4.69) is 10.1 Å². The predicted octanol–water partition coefficient (Wildman–Crippen LogP) is 3.69. The Labute approximate surface area is 212 Å². The van der Waals surface area contributed by atoms with Gasteiger partial charge in [-0.1, -0.05) is 12.1 Å². The average Bonchev–Trinajstić information content (AvgIpc) is 3.18. The maximum absolute atomic E-state index is 14.9. The number of halogens is 4. The van der Waals surface area contributed by atoms with Crippen LogP contribution in [-0.2, 0) is 12.7 Å². The zero-order valence-corrected chi connectivity index (χ0v) is 19.9. The van der Waals surface area contributed by atoms with Crippen LogP contribution in [0.3, 0.4) is 0 Å². The lowest BCUT2D eigenvalue weighted by atomic mass is 9.91. The third-order valence-electron chi connectivity index (χ3n) is 5.88. The number of rotatable bonds is 6. The van der Waals surface area contributed by atoms with Gasteiger partial charge in [-0.2, -0.15) is 23.5 Å². The van der Waals surface area contributed by atoms with Crippen LogP contribution in [0.15, 0.2) is 36.4 Å². The molecule has 38 heavy (non-hydrogen) atoms. The third kappa shape index (κ3) is 4.36. The average molecular weight is 526 g/mol. The first kappa shape index (κ1) is 26.1. The van der Waals surface area contributed by atoms with Crippen molar-refractivity contribution >= 4 is 22.7 Å². The molecule has 13 heteroatoms. The minimum atomic E-state index is -5.07. The Morgan fingerprint density at radius 3 is 2.42 bits per heavy atom. The van der Waals surface area contributed by atoms with Crippen molar-refractivity contribution in [2.45, 2.75) is 19.6 Å². The highest BCUT2D eigenvalue weighted by molar-refractivity contribution is 6.15. The van der Waals surface area contributed by atoms with Gasteiger partial charge in [0.15, 0.2) is 5.69 Å². The standard InChI is InChI=1S/C25H18F4N6O3/c1-11-17(19-20(23(31)36)18-14(26)4-3-5-15(18)33-21(19)24(32)37)22(25(27,28)29)34-35(11)10-12-6-7-13(9-30)16(8-12)38-2/h3-8H,10H2,1-2H3,(H2,31,36)(H2,32,37). The van der Waals surface area contributed by atoms with E-state index in [4.69, 9.17) is 16.2 Å². The Morgan fingerprint density at radius 1 is 1.13 bits per heavy atom. The van der Waals surface area contributed by atoms with E-state index >= 15 is 0 Å². The van der Waals surface area contributed by atoms with Crippen molar-refractivity contribution in [3.05, 3.63) is 76.0 Å². The molecule has 194 valence electrons. The number of carbonyl (C=O) groups is 2. The Balaban J connectivity index is 2.07. The van der Waals surface area contributed by atoms with Crippen molar-refractivity contribution in [3.63, 3.8) is 0 Å². The molecule has 4 rings (SSSR count). The van der Waals surface area contributed by atoms with Crippen LogP contribution in [0.4, 0.5) is 17.6 Å². The number of ether oxygens (including phenoxy) is 1. The predicted molar refractivity (Wildman–Crippen MR) is 127 cm³/mol. The number of carbonyl (C=O) groups excluding carboxylic acids is 2. The molecule has 9 nitrogen and oxygen atoms in total. The quantitative estimate of drug-likeness (QED) is 0.366. The van der Waals surface area contributed by atoms with Gasteiger partial charge in [-0.3, -0.25) is 14.3 Å². The summed E-state index contributed by atoms with van der Waals surface area (Å²) in [6, 6.07) is 9.82. The van der Waals surface area contributed by atoms with Crippen molar-refractivity contribution in [3.8, 4) is 22.9 Å². The summed E-state index contributed by atoms with van der Waals surface area (Å²) in [4.78, 5) is 28.9. The molecule has 0 aliphatic heterocycles. The first-order chi connectivity index (χ1) is 17.9. The van der Waals surface area contributed by atoms with Crippen molar-refractivity contribution in [1.82, 2.24) is 14.8 Å². The third-order valence-corrected chi connectivity index (χ3v) is 5.88. The lowest BCUT2D eigenvalue weighted by Crippen LogP contribution is -2.22. The minimum Gasteiger partial charge on any atom is -0.495 e. The molecule has 2 amide bonds. The van der Waals surface area contributed by atoms with Gasteiger partial charge >= 0.3 is 6.18 Å². The molecule has 4 N–H and O–H groups in total. The molecule has 0 bridgehead atoms. The highest BCUT2D eigenvalue weighted by Gasteiger charge is 2.41. The first-order valence-corrected chi connectivity index (χ1v) is 10.8. The molecule has 0 saturated carbocycles. The summed E-state index contributed by atoms with van der Waals surface area (Å²) in [6.07, 6.45) is -5.07. The lowest BCUT2D eigenvalue weighted by molar-refractivity contribution is -0.141. The van der Waals surface area contributed by atoms with E-state index in [1.165, 1.54) is 44.4 Å². The molecule has 2 aromatic carbocycles. The highest BCUT2D eigenvalue weighted by Crippen LogP contribution is 2.42. The summed E-state index contributed by atoms with van der Waals surface area (Å²) in [7, 11) is 1.33. The van der Waals surface area contributed by atoms with Gasteiger partial charge in [-0.25, -0.2) is 9.37 Å². The Kier molecular flexibility index (Phi) is 6.50. The number of pyridine rings is 1. The van der Waals surface area contributed by atoms with Crippen molar-refractivity contribution in [2.24, 2.45) is 11.5 Å². The topological polar surface area (TPSA) is 150 Å². The molecule has 0 unspecified atom stereocenters. The van der Waals surface area contributed by atoms with E-state index in [1.54, 1.807) is 0 Å². The first-order valence-electron chi connectivity index (χ1n) is 10.8. The largest absolute Gasteiger partial charge is 0.495 e. The van der Waals surface area contributed by atoms with Gasteiger partial charge in [-0.15, -0.1) is 0 Å². The SMILES string of the molecule is COc1cc(Cn2nc(C(F)(F)F)c(-c3c(C(N)=O)nc4cccc(F)c4c3C(N)=O)c2C)ccc1C#N. The molecule has 4 aromatic rings. The number of benzene rings is 2. The summed E-state index contributed by atoms with van der Waals surface area (Å²) in [5.41, 5.74) is 7.07. The number of hydrogen-bond donors (Lipinski definition) is 2. The maximum atomic E-state index is 14.9. The summed E-state index contributed by atoms with van der Waals surface area (Å²) in [5.74, 6) is -3.33. The molecule has 2 heterocycles. The molecular formula is C25H18F4N6O3. The van der Waals surface area contributed by atoms with Gasteiger partial charge in [0.2, 0.25) is 5.91 Å². The molecular weight excluding hydrogens is 508 g/mol. The van der Waals surface area contributed by atoms with Gasteiger partial charge in [0.1, 0.15) is 23.3 Å². The summed E-state index contributed by atoms with van der Waals surface area (Å²) < 4.78 is 63.8. The fourth-order valence-corrected chi connectivity index (χ4v) is 4.24. The van der Waals surface area contributed by atoms with Crippen LogP contribution in [0.5, 0.6) is 5.75 Å². The number of hydrogen-bond acceptors (Lipinski definition) is 6. The molecule has 0 spiro atoms. The van der Waals surface area contributed by atoms with Crippen molar-refractivity contribution in [1.29, 1.82) is 5.26 Å². The van der Waals surface area contributed by atoms with Crippen molar-refractivity contribution < 1.29 is 31.9 Å². The molecule has 0 fully saturated rings. The van der Waals surface area contributed by atoms with Crippen LogP contribution in [0.1, 0.15) is 43.4 Å². The molecule has 0 radical (unpaired) electrons. The lowest BCUT2D eigenvalue weighted by Gasteiger charge is -2.16. The van der Waals surface area contributed by atoms with Crippen LogP contribution < -0.4 is 16.2 Å². The van der Waals surface area contributed by atoms with Gasteiger partial charge in [-0.05, 0) is 36.8 Å². The summed E-state index contributed by atoms with van der Waals surface area (Å²) in [5, 5.41) is 12.4. The highest BCUT2D eigenvalue weighted by atomic mass is 19.4. The Morgan fingerprint density at radius 2 is 1.84 bits per heavy atom. The summed E-state index contributed by atoms with van der Waals surface area (Å²) in [6.45, 7) is 1.06. The second-order valence-corrected chi connectivity index (χ2v) is 8.18.